The molecular formula is C18H19N5O3. The summed E-state index contributed by atoms with van der Waals surface area (Å²) in [5.74, 6) is 1.33. The van der Waals surface area contributed by atoms with Gasteiger partial charge in [0.15, 0.2) is 0 Å². The number of amides is 1. The first-order valence-electron chi connectivity index (χ1n) is 8.32. The van der Waals surface area contributed by atoms with E-state index in [1.807, 2.05) is 19.1 Å². The molecule has 3 heterocycles. The van der Waals surface area contributed by atoms with Gasteiger partial charge in [-0.05, 0) is 25.1 Å². The van der Waals surface area contributed by atoms with Crippen molar-refractivity contribution in [1.29, 1.82) is 0 Å². The van der Waals surface area contributed by atoms with Gasteiger partial charge in [0.25, 0.3) is 0 Å². The summed E-state index contributed by atoms with van der Waals surface area (Å²) in [4.78, 5) is 24.5. The molecule has 0 unspecified atom stereocenters. The van der Waals surface area contributed by atoms with E-state index in [9.17, 15) is 4.79 Å². The molecule has 0 aliphatic carbocycles. The zero-order chi connectivity index (χ0) is 18.2. The maximum Gasteiger partial charge on any atom is 0.227 e. The van der Waals surface area contributed by atoms with Crippen molar-refractivity contribution in [2.24, 2.45) is 0 Å². The molecule has 0 atom stereocenters. The van der Waals surface area contributed by atoms with Gasteiger partial charge in [0.1, 0.15) is 0 Å². The van der Waals surface area contributed by atoms with E-state index in [0.717, 1.165) is 11.1 Å². The second-order valence-corrected chi connectivity index (χ2v) is 5.43. The molecule has 0 bridgehead atoms. The Bertz CT molecular complexity index is 851. The van der Waals surface area contributed by atoms with Gasteiger partial charge in [0, 0.05) is 49.1 Å². The fraction of sp³-hybridized carbons (Fsp3) is 0.278. The van der Waals surface area contributed by atoms with Crippen LogP contribution in [0, 0.1) is 0 Å². The van der Waals surface area contributed by atoms with Crippen molar-refractivity contribution in [3.05, 3.63) is 54.3 Å². The van der Waals surface area contributed by atoms with E-state index in [1.165, 1.54) is 0 Å². The minimum Gasteiger partial charge on any atom is -0.478 e. The lowest BCUT2D eigenvalue weighted by atomic mass is 10.2. The molecule has 134 valence electrons. The maximum absolute atomic E-state index is 12.1. The monoisotopic (exact) mass is 353 g/mol. The Labute approximate surface area is 150 Å². The lowest BCUT2D eigenvalue weighted by Gasteiger charge is -2.09. The number of aromatic nitrogens is 4. The molecule has 3 aromatic rings. The Balaban J connectivity index is 1.50. The molecule has 0 spiro atoms. The zero-order valence-electron chi connectivity index (χ0n) is 14.4. The second kappa shape index (κ2) is 8.70. The quantitative estimate of drug-likeness (QED) is 0.662. The van der Waals surface area contributed by atoms with Crippen LogP contribution >= 0.6 is 0 Å². The molecule has 8 heteroatoms. The molecule has 3 rings (SSSR count). The summed E-state index contributed by atoms with van der Waals surface area (Å²) in [6, 6.07) is 7.27. The van der Waals surface area contributed by atoms with E-state index in [-0.39, 0.29) is 12.3 Å². The largest absolute Gasteiger partial charge is 0.478 e. The van der Waals surface area contributed by atoms with Crippen molar-refractivity contribution < 1.29 is 14.1 Å². The van der Waals surface area contributed by atoms with Crippen molar-refractivity contribution >= 4 is 5.91 Å². The van der Waals surface area contributed by atoms with E-state index in [1.54, 1.807) is 30.7 Å². The van der Waals surface area contributed by atoms with Gasteiger partial charge >= 0.3 is 0 Å². The van der Waals surface area contributed by atoms with Crippen LogP contribution < -0.4 is 10.1 Å². The highest BCUT2D eigenvalue weighted by Crippen LogP contribution is 2.15. The third-order valence-corrected chi connectivity index (χ3v) is 3.58. The molecule has 8 nitrogen and oxygen atoms in total. The predicted molar refractivity (Wildman–Crippen MR) is 93.1 cm³/mol. The van der Waals surface area contributed by atoms with Gasteiger partial charge in [0.05, 0.1) is 6.61 Å². The van der Waals surface area contributed by atoms with Crippen LogP contribution in [0.1, 0.15) is 24.8 Å². The van der Waals surface area contributed by atoms with Crippen LogP contribution in [0.15, 0.2) is 47.4 Å². The molecular weight excluding hydrogens is 334 g/mol. The van der Waals surface area contributed by atoms with Gasteiger partial charge in [-0.3, -0.25) is 9.78 Å². The van der Waals surface area contributed by atoms with Crippen LogP contribution in [-0.2, 0) is 17.8 Å². The van der Waals surface area contributed by atoms with Gasteiger partial charge < -0.3 is 14.6 Å². The number of pyridine rings is 2. The molecule has 0 fully saturated rings. The molecule has 0 saturated heterocycles. The smallest absolute Gasteiger partial charge is 0.227 e. The van der Waals surface area contributed by atoms with Crippen LogP contribution in [0.2, 0.25) is 0 Å². The minimum absolute atomic E-state index is 0.111. The number of hydrogen-bond acceptors (Lipinski definition) is 7. The Morgan fingerprint density at radius 1 is 1.23 bits per heavy atom. The number of aryl methyl sites for hydroxylation is 1. The molecule has 0 saturated carbocycles. The minimum atomic E-state index is -0.111. The Morgan fingerprint density at radius 2 is 2.08 bits per heavy atom. The number of hydrogen-bond donors (Lipinski definition) is 1. The van der Waals surface area contributed by atoms with Gasteiger partial charge in [0.2, 0.25) is 23.5 Å². The fourth-order valence-corrected chi connectivity index (χ4v) is 2.30. The summed E-state index contributed by atoms with van der Waals surface area (Å²) in [6.07, 6.45) is 5.60. The van der Waals surface area contributed by atoms with Crippen molar-refractivity contribution in [2.75, 3.05) is 6.61 Å². The average molecular weight is 353 g/mol. The summed E-state index contributed by atoms with van der Waals surface area (Å²) in [7, 11) is 0. The Kier molecular flexibility index (Phi) is 5.87. The Morgan fingerprint density at radius 3 is 2.88 bits per heavy atom. The van der Waals surface area contributed by atoms with Gasteiger partial charge in [-0.1, -0.05) is 11.2 Å². The predicted octanol–water partition coefficient (Wildman–Crippen LogP) is 2.17. The van der Waals surface area contributed by atoms with E-state index < -0.39 is 0 Å². The van der Waals surface area contributed by atoms with Crippen molar-refractivity contribution in [2.45, 2.75) is 26.3 Å². The van der Waals surface area contributed by atoms with Gasteiger partial charge in [-0.15, -0.1) is 0 Å². The van der Waals surface area contributed by atoms with Crippen molar-refractivity contribution in [3.63, 3.8) is 0 Å². The summed E-state index contributed by atoms with van der Waals surface area (Å²) in [5.41, 5.74) is 1.65. The average Bonchev–Trinajstić information content (AvgIpc) is 3.16. The normalized spacial score (nSPS) is 10.5. The molecule has 0 radical (unpaired) electrons. The van der Waals surface area contributed by atoms with Crippen LogP contribution in [-0.4, -0.2) is 32.6 Å². The SMILES string of the molecule is CCOc1ncccc1CNC(=O)CCc1nc(-c2ccncc2)no1. The van der Waals surface area contributed by atoms with Crippen LogP contribution in [0.5, 0.6) is 5.88 Å². The highest BCUT2D eigenvalue weighted by atomic mass is 16.5. The number of carbonyl (C=O) groups is 1. The molecule has 0 aliphatic rings. The first-order chi connectivity index (χ1) is 12.8. The number of carbonyl (C=O) groups excluding carboxylic acids is 1. The third kappa shape index (κ3) is 4.62. The number of rotatable bonds is 8. The topological polar surface area (TPSA) is 103 Å². The highest BCUT2D eigenvalue weighted by Gasteiger charge is 2.11. The second-order valence-electron chi connectivity index (χ2n) is 5.43. The fourth-order valence-electron chi connectivity index (χ4n) is 2.30. The molecule has 26 heavy (non-hydrogen) atoms. The molecule has 0 aromatic carbocycles. The summed E-state index contributed by atoms with van der Waals surface area (Å²) < 4.78 is 10.6. The summed E-state index contributed by atoms with van der Waals surface area (Å²) in [5, 5.41) is 6.77. The van der Waals surface area contributed by atoms with E-state index in [0.29, 0.717) is 37.2 Å². The molecule has 0 aliphatic heterocycles. The van der Waals surface area contributed by atoms with Crippen LogP contribution in [0.3, 0.4) is 0 Å². The van der Waals surface area contributed by atoms with Crippen molar-refractivity contribution in [1.82, 2.24) is 25.4 Å². The number of ether oxygens (including phenoxy) is 1. The number of nitrogens with zero attached hydrogens (tertiary/aromatic N) is 4. The lowest BCUT2D eigenvalue weighted by molar-refractivity contribution is -0.121. The van der Waals surface area contributed by atoms with E-state index in [4.69, 9.17) is 9.26 Å². The zero-order valence-corrected chi connectivity index (χ0v) is 14.4. The van der Waals surface area contributed by atoms with E-state index >= 15 is 0 Å². The first-order valence-corrected chi connectivity index (χ1v) is 8.32. The maximum atomic E-state index is 12.1. The lowest BCUT2D eigenvalue weighted by Crippen LogP contribution is -2.23. The third-order valence-electron chi connectivity index (χ3n) is 3.58. The summed E-state index contributed by atoms with van der Waals surface area (Å²) in [6.45, 7) is 2.77. The van der Waals surface area contributed by atoms with E-state index in [2.05, 4.69) is 25.4 Å². The molecule has 3 aromatic heterocycles. The molecule has 1 N–H and O–H groups in total. The molecule has 1 amide bonds. The van der Waals surface area contributed by atoms with Gasteiger partial charge in [-0.25, -0.2) is 4.98 Å². The summed E-state index contributed by atoms with van der Waals surface area (Å²) >= 11 is 0. The first kappa shape index (κ1) is 17.5. The van der Waals surface area contributed by atoms with Crippen molar-refractivity contribution in [3.8, 4) is 17.3 Å². The van der Waals surface area contributed by atoms with Gasteiger partial charge in [-0.2, -0.15) is 4.98 Å². The van der Waals surface area contributed by atoms with Crippen LogP contribution in [0.4, 0.5) is 0 Å². The van der Waals surface area contributed by atoms with Crippen LogP contribution in [0.25, 0.3) is 11.4 Å². The highest BCUT2D eigenvalue weighted by molar-refractivity contribution is 5.76. The Hall–Kier alpha value is -3.29. The number of nitrogens with one attached hydrogen (secondary N) is 1. The standard InChI is InChI=1S/C18H19N5O3/c1-2-25-18-14(4-3-9-20-18)12-21-15(24)5-6-16-22-17(23-26-16)13-7-10-19-11-8-13/h3-4,7-11H,2,5-6,12H2,1H3,(H,21,24).